The van der Waals surface area contributed by atoms with Crippen molar-refractivity contribution in [1.29, 1.82) is 0 Å². The first kappa shape index (κ1) is 14.7. The van der Waals surface area contributed by atoms with E-state index in [-0.39, 0.29) is 5.54 Å². The molecule has 0 bridgehead atoms. The highest BCUT2D eigenvalue weighted by Gasteiger charge is 2.22. The Morgan fingerprint density at radius 1 is 1.10 bits per heavy atom. The molecule has 0 amide bonds. The zero-order valence-electron chi connectivity index (χ0n) is 12.3. The van der Waals surface area contributed by atoms with Gasteiger partial charge in [-0.25, -0.2) is 0 Å². The average molecular weight is 269 g/mol. The van der Waals surface area contributed by atoms with E-state index in [2.05, 4.69) is 42.1 Å². The van der Waals surface area contributed by atoms with Crippen molar-refractivity contribution >= 4 is 0 Å². The van der Waals surface area contributed by atoms with Gasteiger partial charge in [-0.2, -0.15) is 0 Å². The monoisotopic (exact) mass is 269 g/mol. The highest BCUT2D eigenvalue weighted by atomic mass is 15.1. The Balaban J connectivity index is 1.89. The number of benzene rings is 1. The van der Waals surface area contributed by atoms with Crippen molar-refractivity contribution in [2.24, 2.45) is 5.73 Å². The number of pyridine rings is 1. The molecule has 2 N–H and O–H groups in total. The molecule has 0 aliphatic carbocycles. The molecule has 0 spiro atoms. The number of likely N-dealkylation sites (N-methyl/N-ethyl adjacent to an activating group) is 1. The molecule has 0 fully saturated rings. The molecule has 3 nitrogen and oxygen atoms in total. The number of rotatable bonds is 6. The maximum atomic E-state index is 6.45. The number of hydrogen-bond acceptors (Lipinski definition) is 3. The van der Waals surface area contributed by atoms with E-state index in [9.17, 15) is 0 Å². The fourth-order valence-electron chi connectivity index (χ4n) is 2.40. The van der Waals surface area contributed by atoms with Crippen molar-refractivity contribution in [2.45, 2.75) is 18.9 Å². The number of aromatic nitrogens is 1. The summed E-state index contributed by atoms with van der Waals surface area (Å²) in [6.45, 7) is 3.86. The van der Waals surface area contributed by atoms with Gasteiger partial charge in [0.05, 0.1) is 5.54 Å². The van der Waals surface area contributed by atoms with Crippen LogP contribution in [0.4, 0.5) is 0 Å². The second-order valence-electron chi connectivity index (χ2n) is 5.59. The van der Waals surface area contributed by atoms with Crippen LogP contribution in [0.1, 0.15) is 18.2 Å². The Morgan fingerprint density at radius 2 is 1.80 bits per heavy atom. The van der Waals surface area contributed by atoms with Crippen LogP contribution in [0.15, 0.2) is 54.7 Å². The van der Waals surface area contributed by atoms with E-state index >= 15 is 0 Å². The third kappa shape index (κ3) is 4.15. The summed E-state index contributed by atoms with van der Waals surface area (Å²) < 4.78 is 0. The van der Waals surface area contributed by atoms with Gasteiger partial charge in [-0.05, 0) is 31.7 Å². The van der Waals surface area contributed by atoms with Crippen LogP contribution < -0.4 is 5.73 Å². The first-order valence-corrected chi connectivity index (χ1v) is 7.01. The van der Waals surface area contributed by atoms with Crippen molar-refractivity contribution < 1.29 is 0 Å². The Labute approximate surface area is 121 Å². The Morgan fingerprint density at radius 3 is 2.45 bits per heavy atom. The predicted molar refractivity (Wildman–Crippen MR) is 83.4 cm³/mol. The molecule has 20 heavy (non-hydrogen) atoms. The van der Waals surface area contributed by atoms with Gasteiger partial charge < -0.3 is 10.6 Å². The van der Waals surface area contributed by atoms with Crippen LogP contribution in [-0.2, 0) is 12.0 Å². The van der Waals surface area contributed by atoms with Gasteiger partial charge in [0.25, 0.3) is 0 Å². The first-order valence-electron chi connectivity index (χ1n) is 7.01. The molecule has 1 aromatic heterocycles. The lowest BCUT2D eigenvalue weighted by molar-refractivity contribution is 0.261. The normalized spacial score (nSPS) is 14.2. The molecule has 0 radical (unpaired) electrons. The maximum absolute atomic E-state index is 6.45. The van der Waals surface area contributed by atoms with Crippen molar-refractivity contribution in [1.82, 2.24) is 9.88 Å². The minimum atomic E-state index is -0.333. The molecule has 3 heteroatoms. The van der Waals surface area contributed by atoms with Gasteiger partial charge in [-0.15, -0.1) is 0 Å². The van der Waals surface area contributed by atoms with E-state index in [0.29, 0.717) is 0 Å². The minimum absolute atomic E-state index is 0.333. The highest BCUT2D eigenvalue weighted by molar-refractivity contribution is 5.23. The molecule has 1 unspecified atom stereocenters. The second kappa shape index (κ2) is 6.64. The molecule has 0 saturated heterocycles. The summed E-state index contributed by atoms with van der Waals surface area (Å²) in [6.07, 6.45) is 2.79. The number of nitrogens with zero attached hydrogens (tertiary/aromatic N) is 2. The van der Waals surface area contributed by atoms with Gasteiger partial charge in [-0.1, -0.05) is 36.4 Å². The average Bonchev–Trinajstić information content (AvgIpc) is 2.47. The molecular formula is C17H23N3. The summed E-state index contributed by atoms with van der Waals surface area (Å²) in [5.74, 6) is 0. The molecule has 2 aromatic rings. The standard InChI is InChI=1S/C17H23N3/c1-17(18,15-8-4-3-5-9-15)14-20(2)13-11-16-10-6-7-12-19-16/h3-10,12H,11,13-14,18H2,1-2H3. The summed E-state index contributed by atoms with van der Waals surface area (Å²) in [7, 11) is 2.11. The summed E-state index contributed by atoms with van der Waals surface area (Å²) in [6, 6.07) is 16.3. The van der Waals surface area contributed by atoms with Crippen LogP contribution in [0, 0.1) is 0 Å². The van der Waals surface area contributed by atoms with Gasteiger partial charge in [0.1, 0.15) is 0 Å². The molecule has 1 atom stereocenters. The van der Waals surface area contributed by atoms with Gasteiger partial charge in [0.15, 0.2) is 0 Å². The summed E-state index contributed by atoms with van der Waals surface area (Å²) in [5.41, 5.74) is 8.41. The molecule has 2 rings (SSSR count). The molecule has 1 aromatic carbocycles. The summed E-state index contributed by atoms with van der Waals surface area (Å²) in [5, 5.41) is 0. The fourth-order valence-corrected chi connectivity index (χ4v) is 2.40. The lowest BCUT2D eigenvalue weighted by Crippen LogP contribution is -2.44. The summed E-state index contributed by atoms with van der Waals surface area (Å²) >= 11 is 0. The SMILES string of the molecule is CN(CCc1ccccn1)CC(C)(N)c1ccccc1. The molecule has 1 heterocycles. The second-order valence-corrected chi connectivity index (χ2v) is 5.59. The predicted octanol–water partition coefficient (Wildman–Crippen LogP) is 2.43. The van der Waals surface area contributed by atoms with E-state index in [1.54, 1.807) is 0 Å². The van der Waals surface area contributed by atoms with Gasteiger partial charge >= 0.3 is 0 Å². The van der Waals surface area contributed by atoms with Crippen molar-refractivity contribution in [3.05, 3.63) is 66.0 Å². The topological polar surface area (TPSA) is 42.2 Å². The Hall–Kier alpha value is -1.71. The van der Waals surface area contributed by atoms with Crippen molar-refractivity contribution in [3.63, 3.8) is 0 Å². The van der Waals surface area contributed by atoms with Crippen LogP contribution in [0.25, 0.3) is 0 Å². The van der Waals surface area contributed by atoms with Crippen molar-refractivity contribution in [3.8, 4) is 0 Å². The molecule has 0 saturated carbocycles. The largest absolute Gasteiger partial charge is 0.321 e. The molecular weight excluding hydrogens is 246 g/mol. The van der Waals surface area contributed by atoms with Crippen LogP contribution in [0.5, 0.6) is 0 Å². The van der Waals surface area contributed by atoms with Gasteiger partial charge in [0.2, 0.25) is 0 Å². The Bertz CT molecular complexity index is 508. The minimum Gasteiger partial charge on any atom is -0.321 e. The fraction of sp³-hybridized carbons (Fsp3) is 0.353. The maximum Gasteiger partial charge on any atom is 0.0509 e. The van der Waals surface area contributed by atoms with E-state index in [1.165, 1.54) is 5.56 Å². The van der Waals surface area contributed by atoms with Crippen LogP contribution in [-0.4, -0.2) is 30.0 Å². The smallest absolute Gasteiger partial charge is 0.0509 e. The third-order valence-corrected chi connectivity index (χ3v) is 3.51. The number of hydrogen-bond donors (Lipinski definition) is 1. The molecule has 0 aliphatic rings. The zero-order valence-corrected chi connectivity index (χ0v) is 12.3. The van der Waals surface area contributed by atoms with E-state index < -0.39 is 0 Å². The first-order chi connectivity index (χ1) is 9.58. The molecule has 106 valence electrons. The van der Waals surface area contributed by atoms with Crippen molar-refractivity contribution in [2.75, 3.05) is 20.1 Å². The van der Waals surface area contributed by atoms with E-state index in [0.717, 1.165) is 25.2 Å². The highest BCUT2D eigenvalue weighted by Crippen LogP contribution is 2.18. The van der Waals surface area contributed by atoms with Crippen LogP contribution in [0.2, 0.25) is 0 Å². The molecule has 0 aliphatic heterocycles. The lowest BCUT2D eigenvalue weighted by Gasteiger charge is -2.30. The third-order valence-electron chi connectivity index (χ3n) is 3.51. The zero-order chi connectivity index (χ0) is 14.4. The van der Waals surface area contributed by atoms with Gasteiger partial charge in [-0.3, -0.25) is 4.98 Å². The van der Waals surface area contributed by atoms with E-state index in [1.807, 2.05) is 36.5 Å². The summed E-state index contributed by atoms with van der Waals surface area (Å²) in [4.78, 5) is 6.61. The Kier molecular flexibility index (Phi) is 4.88. The lowest BCUT2D eigenvalue weighted by atomic mass is 9.93. The van der Waals surface area contributed by atoms with Crippen LogP contribution >= 0.6 is 0 Å². The quantitative estimate of drug-likeness (QED) is 0.876. The van der Waals surface area contributed by atoms with Gasteiger partial charge in [0, 0.05) is 31.4 Å². The van der Waals surface area contributed by atoms with E-state index in [4.69, 9.17) is 5.73 Å². The van der Waals surface area contributed by atoms with Crippen LogP contribution in [0.3, 0.4) is 0 Å². The number of nitrogens with two attached hydrogens (primary N) is 1.